The molecular formula is C36H49N5O4. The van der Waals surface area contributed by atoms with E-state index >= 15 is 0 Å². The zero-order valence-corrected chi connectivity index (χ0v) is 27.4. The van der Waals surface area contributed by atoms with Gasteiger partial charge >= 0.3 is 6.09 Å². The molecule has 1 unspecified atom stereocenters. The van der Waals surface area contributed by atoms with Gasteiger partial charge in [0.2, 0.25) is 5.91 Å². The number of benzene rings is 1. The molecule has 242 valence electrons. The molecule has 2 heterocycles. The van der Waals surface area contributed by atoms with Crippen molar-refractivity contribution in [2.24, 2.45) is 23.5 Å². The number of aryl methyl sites for hydroxylation is 1. The molecule has 45 heavy (non-hydrogen) atoms. The Kier molecular flexibility index (Phi) is 10.1. The zero-order valence-electron chi connectivity index (χ0n) is 27.4. The number of nitrogens with zero attached hydrogens (tertiary/aromatic N) is 3. The number of nitrogens with one attached hydrogen (secondary N) is 1. The first-order valence-corrected chi connectivity index (χ1v) is 16.4. The lowest BCUT2D eigenvalue weighted by molar-refractivity contribution is -0.127. The predicted octanol–water partition coefficient (Wildman–Crippen LogP) is 7.05. The van der Waals surface area contributed by atoms with Crippen LogP contribution in [0.2, 0.25) is 0 Å². The summed E-state index contributed by atoms with van der Waals surface area (Å²) in [6.07, 6.45) is 10.6. The lowest BCUT2D eigenvalue weighted by atomic mass is 9.75. The van der Waals surface area contributed by atoms with Gasteiger partial charge in [-0.1, -0.05) is 18.2 Å². The summed E-state index contributed by atoms with van der Waals surface area (Å²) in [5.74, 6) is 1.86. The second-order valence-corrected chi connectivity index (χ2v) is 13.9. The maximum Gasteiger partial charge on any atom is 0.404 e. The zero-order chi connectivity index (χ0) is 32.1. The number of methoxy groups -OCH3 is 1. The van der Waals surface area contributed by atoms with Gasteiger partial charge in [0, 0.05) is 29.3 Å². The summed E-state index contributed by atoms with van der Waals surface area (Å²) < 4.78 is 12.4. The fourth-order valence-corrected chi connectivity index (χ4v) is 7.05. The minimum atomic E-state index is -0.738. The third-order valence-corrected chi connectivity index (χ3v) is 9.77. The molecule has 9 heteroatoms. The monoisotopic (exact) mass is 615 g/mol. The first kappa shape index (κ1) is 32.5. The lowest BCUT2D eigenvalue weighted by Crippen LogP contribution is -2.40. The number of hydrogen-bond acceptors (Lipinski definition) is 6. The molecule has 0 saturated heterocycles. The smallest absolute Gasteiger partial charge is 0.404 e. The average Bonchev–Trinajstić information content (AvgIpc) is 3.55. The van der Waals surface area contributed by atoms with Crippen LogP contribution in [0.15, 0.2) is 48.8 Å². The van der Waals surface area contributed by atoms with Crippen molar-refractivity contribution in [2.75, 3.05) is 13.7 Å². The van der Waals surface area contributed by atoms with Crippen molar-refractivity contribution < 1.29 is 19.1 Å². The Morgan fingerprint density at radius 1 is 1.02 bits per heavy atom. The van der Waals surface area contributed by atoms with Gasteiger partial charge in [-0.3, -0.25) is 14.5 Å². The Labute approximate surface area is 267 Å². The van der Waals surface area contributed by atoms with Crippen LogP contribution in [0.25, 0.3) is 11.1 Å². The van der Waals surface area contributed by atoms with E-state index in [4.69, 9.17) is 20.2 Å². The Morgan fingerprint density at radius 3 is 2.38 bits per heavy atom. The molecule has 1 aromatic carbocycles. The standard InChI is InChI=1S/C36H49N5O4/c1-23-32(44-5)18-17-31(39-23)25-13-15-26(16-14-25)33(40-34(42)27-11-9-24(10-12-27)22-45-35(37)43)29-8-6-7-28(19-29)30-20-38-41(21-30)36(2,3)4/h6-8,17-21,24-27,33H,9-16,22H2,1-5H3,(H2,37,43)(H,40,42). The fourth-order valence-electron chi connectivity index (χ4n) is 7.05. The first-order valence-electron chi connectivity index (χ1n) is 16.4. The summed E-state index contributed by atoms with van der Waals surface area (Å²) >= 11 is 0. The summed E-state index contributed by atoms with van der Waals surface area (Å²) in [7, 11) is 1.68. The molecule has 5 rings (SSSR count). The molecule has 3 N–H and O–H groups in total. The maximum atomic E-state index is 13.8. The molecule has 0 aliphatic heterocycles. The summed E-state index contributed by atoms with van der Waals surface area (Å²) in [6, 6.07) is 12.6. The molecule has 2 aliphatic rings. The number of rotatable bonds is 9. The van der Waals surface area contributed by atoms with E-state index in [1.807, 2.05) is 23.9 Å². The molecule has 2 amide bonds. The van der Waals surface area contributed by atoms with Crippen LogP contribution >= 0.6 is 0 Å². The number of carbonyl (C=O) groups excluding carboxylic acids is 2. The van der Waals surface area contributed by atoms with Gasteiger partial charge in [-0.2, -0.15) is 5.10 Å². The average molecular weight is 616 g/mol. The number of ether oxygens (including phenoxy) is 2. The van der Waals surface area contributed by atoms with Crippen molar-refractivity contribution >= 4 is 12.0 Å². The van der Waals surface area contributed by atoms with Gasteiger partial charge in [-0.15, -0.1) is 0 Å². The van der Waals surface area contributed by atoms with Crippen LogP contribution in [0, 0.1) is 24.7 Å². The van der Waals surface area contributed by atoms with E-state index in [-0.39, 0.29) is 29.3 Å². The fraction of sp³-hybridized carbons (Fsp3) is 0.556. The minimum Gasteiger partial charge on any atom is -0.495 e. The molecule has 1 atom stereocenters. The molecule has 9 nitrogen and oxygen atoms in total. The number of aromatic nitrogens is 3. The van der Waals surface area contributed by atoms with E-state index in [2.05, 4.69) is 67.7 Å². The minimum absolute atomic E-state index is 0.0478. The van der Waals surface area contributed by atoms with Crippen LogP contribution in [0.3, 0.4) is 0 Å². The number of nitrogens with two attached hydrogens (primary N) is 1. The van der Waals surface area contributed by atoms with Crippen LogP contribution in [-0.2, 0) is 15.1 Å². The number of amides is 2. The Bertz CT molecular complexity index is 1460. The van der Waals surface area contributed by atoms with Crippen molar-refractivity contribution in [3.8, 4) is 16.9 Å². The van der Waals surface area contributed by atoms with Gasteiger partial charge in [0.15, 0.2) is 0 Å². The van der Waals surface area contributed by atoms with Crippen molar-refractivity contribution in [3.05, 3.63) is 65.7 Å². The molecule has 2 fully saturated rings. The van der Waals surface area contributed by atoms with Crippen molar-refractivity contribution in [1.82, 2.24) is 20.1 Å². The molecule has 0 radical (unpaired) electrons. The van der Waals surface area contributed by atoms with Gasteiger partial charge in [-0.25, -0.2) is 4.79 Å². The van der Waals surface area contributed by atoms with E-state index in [9.17, 15) is 9.59 Å². The van der Waals surface area contributed by atoms with Crippen LogP contribution in [0.1, 0.15) is 101 Å². The van der Waals surface area contributed by atoms with E-state index in [1.165, 1.54) is 0 Å². The quantitative estimate of drug-likeness (QED) is 0.266. The first-order chi connectivity index (χ1) is 21.5. The van der Waals surface area contributed by atoms with E-state index in [0.717, 1.165) is 85.2 Å². The second-order valence-electron chi connectivity index (χ2n) is 13.9. The number of pyridine rings is 1. The summed E-state index contributed by atoms with van der Waals surface area (Å²) in [4.78, 5) is 29.7. The highest BCUT2D eigenvalue weighted by molar-refractivity contribution is 5.79. The van der Waals surface area contributed by atoms with Crippen molar-refractivity contribution in [3.63, 3.8) is 0 Å². The molecule has 0 bridgehead atoms. The Hall–Kier alpha value is -3.88. The maximum absolute atomic E-state index is 13.8. The third kappa shape index (κ3) is 8.05. The third-order valence-electron chi connectivity index (χ3n) is 9.77. The van der Waals surface area contributed by atoms with Crippen molar-refractivity contribution in [2.45, 2.75) is 96.6 Å². The van der Waals surface area contributed by atoms with Gasteiger partial charge in [0.1, 0.15) is 5.75 Å². The molecule has 2 aliphatic carbocycles. The second kappa shape index (κ2) is 14.0. The van der Waals surface area contributed by atoms with Gasteiger partial charge < -0.3 is 20.5 Å². The molecule has 2 saturated carbocycles. The van der Waals surface area contributed by atoms with E-state index < -0.39 is 6.09 Å². The molecular weight excluding hydrogens is 566 g/mol. The Balaban J connectivity index is 1.33. The highest BCUT2D eigenvalue weighted by atomic mass is 16.5. The van der Waals surface area contributed by atoms with E-state index in [0.29, 0.717) is 18.4 Å². The van der Waals surface area contributed by atoms with Crippen molar-refractivity contribution in [1.29, 1.82) is 0 Å². The van der Waals surface area contributed by atoms with Crippen LogP contribution in [0.5, 0.6) is 5.75 Å². The predicted molar refractivity (Wildman–Crippen MR) is 175 cm³/mol. The lowest BCUT2D eigenvalue weighted by Gasteiger charge is -2.36. The Morgan fingerprint density at radius 2 is 1.76 bits per heavy atom. The summed E-state index contributed by atoms with van der Waals surface area (Å²) in [6.45, 7) is 8.75. The highest BCUT2D eigenvalue weighted by Crippen LogP contribution is 2.42. The summed E-state index contributed by atoms with van der Waals surface area (Å²) in [5.41, 5.74) is 10.4. The number of primary amides is 1. The van der Waals surface area contributed by atoms with Crippen LogP contribution in [-0.4, -0.2) is 40.5 Å². The van der Waals surface area contributed by atoms with Crippen LogP contribution in [0.4, 0.5) is 4.79 Å². The largest absolute Gasteiger partial charge is 0.495 e. The summed E-state index contributed by atoms with van der Waals surface area (Å²) in [5, 5.41) is 8.15. The molecule has 3 aromatic rings. The van der Waals surface area contributed by atoms with E-state index in [1.54, 1.807) is 7.11 Å². The normalized spacial score (nSPS) is 22.8. The van der Waals surface area contributed by atoms with Gasteiger partial charge in [0.25, 0.3) is 0 Å². The van der Waals surface area contributed by atoms with Gasteiger partial charge in [-0.05, 0) is 120 Å². The topological polar surface area (TPSA) is 121 Å². The molecule has 0 spiro atoms. The highest BCUT2D eigenvalue weighted by Gasteiger charge is 2.34. The SMILES string of the molecule is COc1ccc(C2CCC(C(NC(=O)C3CCC(COC(N)=O)CC3)c3cccc(-c4cnn(C(C)(C)C)c4)c3)CC2)nc1C. The van der Waals surface area contributed by atoms with Gasteiger partial charge in [0.05, 0.1) is 37.2 Å². The number of carbonyl (C=O) groups is 2. The van der Waals surface area contributed by atoms with Crippen LogP contribution < -0.4 is 15.8 Å². The number of hydrogen-bond donors (Lipinski definition) is 2. The molecule has 2 aromatic heterocycles.